The number of rotatable bonds is 5. The summed E-state index contributed by atoms with van der Waals surface area (Å²) in [6.45, 7) is 0.459. The van der Waals surface area contributed by atoms with Crippen LogP contribution in [0.3, 0.4) is 0 Å². The average Bonchev–Trinajstić information content (AvgIpc) is 2.21. The van der Waals surface area contributed by atoms with Crippen LogP contribution >= 0.6 is 0 Å². The van der Waals surface area contributed by atoms with Gasteiger partial charge >= 0.3 is 0 Å². The lowest BCUT2D eigenvalue weighted by Gasteiger charge is -2.22. The predicted octanol–water partition coefficient (Wildman–Crippen LogP) is -0.964. The maximum absolute atomic E-state index is 11.1. The molecule has 0 bridgehead atoms. The third kappa shape index (κ3) is 5.05. The van der Waals surface area contributed by atoms with Crippen LogP contribution in [0.4, 0.5) is 0 Å². The van der Waals surface area contributed by atoms with Crippen LogP contribution in [-0.4, -0.2) is 49.5 Å². The van der Waals surface area contributed by atoms with Crippen molar-refractivity contribution in [2.75, 3.05) is 30.9 Å². The van der Waals surface area contributed by atoms with E-state index in [9.17, 15) is 12.6 Å². The summed E-state index contributed by atoms with van der Waals surface area (Å²) in [5, 5.41) is 3.18. The fourth-order valence-electron chi connectivity index (χ4n) is 1.50. The van der Waals surface area contributed by atoms with Crippen LogP contribution in [0.15, 0.2) is 0 Å². The fraction of sp³-hybridized carbons (Fsp3) is 1.00. The molecule has 0 radical (unpaired) electrons. The summed E-state index contributed by atoms with van der Waals surface area (Å²) < 4.78 is 35.5. The van der Waals surface area contributed by atoms with Crippen molar-refractivity contribution < 1.29 is 12.6 Å². The molecule has 1 fully saturated rings. The molecule has 0 aromatic carbocycles. The van der Waals surface area contributed by atoms with Crippen molar-refractivity contribution in [3.8, 4) is 0 Å². The Morgan fingerprint density at radius 2 is 1.93 bits per heavy atom. The Morgan fingerprint density at radius 3 is 2.47 bits per heavy atom. The molecular weight excluding hydrogens is 236 g/mol. The van der Waals surface area contributed by atoms with Gasteiger partial charge in [0.1, 0.15) is 0 Å². The first-order valence-electron chi connectivity index (χ1n) is 5.03. The molecule has 0 aliphatic carbocycles. The van der Waals surface area contributed by atoms with Crippen LogP contribution < -0.4 is 10.0 Å². The van der Waals surface area contributed by atoms with Gasteiger partial charge in [0, 0.05) is 34.9 Å². The molecule has 0 aromatic rings. The molecule has 0 amide bonds. The van der Waals surface area contributed by atoms with E-state index in [1.165, 1.54) is 7.05 Å². The second-order valence-corrected chi connectivity index (χ2v) is 7.34. The Bertz CT molecular complexity index is 306. The maximum Gasteiger partial charge on any atom is 0.212 e. The topological polar surface area (TPSA) is 75.3 Å². The molecule has 1 aliphatic heterocycles. The SMILES string of the molecule is CNS(=O)(=O)CCNC1CCS(=O)CC1. The molecule has 7 heteroatoms. The average molecular weight is 254 g/mol. The summed E-state index contributed by atoms with van der Waals surface area (Å²) in [6, 6.07) is 0.328. The van der Waals surface area contributed by atoms with Crippen molar-refractivity contribution in [2.45, 2.75) is 18.9 Å². The molecule has 0 spiro atoms. The van der Waals surface area contributed by atoms with Crippen LogP contribution in [0, 0.1) is 0 Å². The zero-order valence-electron chi connectivity index (χ0n) is 8.86. The zero-order valence-corrected chi connectivity index (χ0v) is 10.5. The zero-order chi connectivity index (χ0) is 11.3. The van der Waals surface area contributed by atoms with Crippen molar-refractivity contribution in [3.63, 3.8) is 0 Å². The third-order valence-electron chi connectivity index (χ3n) is 2.50. The standard InChI is InChI=1S/C8H18N2O3S2/c1-9-15(12,13)7-4-10-8-2-5-14(11)6-3-8/h8-10H,2-7H2,1H3. The van der Waals surface area contributed by atoms with Gasteiger partial charge in [-0.05, 0) is 19.9 Å². The molecule has 90 valence electrons. The highest BCUT2D eigenvalue weighted by atomic mass is 32.2. The minimum Gasteiger partial charge on any atom is -0.313 e. The van der Waals surface area contributed by atoms with E-state index in [1.54, 1.807) is 0 Å². The first kappa shape index (κ1) is 13.1. The van der Waals surface area contributed by atoms with E-state index in [1.807, 2.05) is 0 Å². The molecule has 15 heavy (non-hydrogen) atoms. The van der Waals surface area contributed by atoms with Gasteiger partial charge in [0.25, 0.3) is 0 Å². The molecule has 0 unspecified atom stereocenters. The van der Waals surface area contributed by atoms with E-state index in [0.717, 1.165) is 24.3 Å². The quantitative estimate of drug-likeness (QED) is 0.662. The number of hydrogen-bond acceptors (Lipinski definition) is 4. The first-order chi connectivity index (χ1) is 7.03. The molecule has 0 saturated carbocycles. The van der Waals surface area contributed by atoms with Crippen molar-refractivity contribution in [3.05, 3.63) is 0 Å². The van der Waals surface area contributed by atoms with Crippen molar-refractivity contribution in [1.29, 1.82) is 0 Å². The number of sulfonamides is 1. The van der Waals surface area contributed by atoms with Crippen LogP contribution in [0.25, 0.3) is 0 Å². The molecule has 2 N–H and O–H groups in total. The van der Waals surface area contributed by atoms with E-state index >= 15 is 0 Å². The molecular formula is C8H18N2O3S2. The van der Waals surface area contributed by atoms with Gasteiger partial charge in [-0.15, -0.1) is 0 Å². The highest BCUT2D eigenvalue weighted by Gasteiger charge is 2.17. The molecule has 0 atom stereocenters. The highest BCUT2D eigenvalue weighted by molar-refractivity contribution is 7.89. The van der Waals surface area contributed by atoms with E-state index in [-0.39, 0.29) is 5.75 Å². The Morgan fingerprint density at radius 1 is 1.33 bits per heavy atom. The van der Waals surface area contributed by atoms with Gasteiger partial charge in [0.2, 0.25) is 10.0 Å². The Hall–Kier alpha value is 0.0200. The highest BCUT2D eigenvalue weighted by Crippen LogP contribution is 2.08. The lowest BCUT2D eigenvalue weighted by atomic mass is 10.1. The van der Waals surface area contributed by atoms with E-state index in [4.69, 9.17) is 0 Å². The third-order valence-corrected chi connectivity index (χ3v) is 5.25. The van der Waals surface area contributed by atoms with Gasteiger partial charge < -0.3 is 5.32 Å². The molecule has 1 aliphatic rings. The van der Waals surface area contributed by atoms with E-state index in [2.05, 4.69) is 10.0 Å². The maximum atomic E-state index is 11.1. The smallest absolute Gasteiger partial charge is 0.212 e. The largest absolute Gasteiger partial charge is 0.313 e. The summed E-state index contributed by atoms with van der Waals surface area (Å²) in [6.07, 6.45) is 1.76. The lowest BCUT2D eigenvalue weighted by Crippen LogP contribution is -2.39. The second kappa shape index (κ2) is 5.93. The second-order valence-electron chi connectivity index (χ2n) is 3.60. The summed E-state index contributed by atoms with van der Waals surface area (Å²) in [5.41, 5.74) is 0. The van der Waals surface area contributed by atoms with Crippen molar-refractivity contribution >= 4 is 20.8 Å². The normalized spacial score (nSPS) is 27.8. The van der Waals surface area contributed by atoms with E-state index < -0.39 is 20.8 Å². The van der Waals surface area contributed by atoms with Gasteiger partial charge in [-0.25, -0.2) is 13.1 Å². The monoisotopic (exact) mass is 254 g/mol. The van der Waals surface area contributed by atoms with Gasteiger partial charge in [0.05, 0.1) is 5.75 Å². The Labute approximate surface area is 93.5 Å². The summed E-state index contributed by atoms with van der Waals surface area (Å²) in [5.74, 6) is 1.57. The molecule has 1 rings (SSSR count). The van der Waals surface area contributed by atoms with Crippen LogP contribution in [0.2, 0.25) is 0 Å². The Balaban J connectivity index is 2.18. The molecule has 1 saturated heterocycles. The fourth-order valence-corrected chi connectivity index (χ4v) is 3.39. The lowest BCUT2D eigenvalue weighted by molar-refractivity contribution is 0.487. The van der Waals surface area contributed by atoms with Crippen molar-refractivity contribution in [2.24, 2.45) is 0 Å². The van der Waals surface area contributed by atoms with Gasteiger partial charge in [-0.2, -0.15) is 0 Å². The van der Waals surface area contributed by atoms with E-state index in [0.29, 0.717) is 12.6 Å². The molecule has 0 aromatic heterocycles. The molecule has 5 nitrogen and oxygen atoms in total. The Kier molecular flexibility index (Phi) is 5.17. The van der Waals surface area contributed by atoms with Gasteiger partial charge in [0.15, 0.2) is 0 Å². The van der Waals surface area contributed by atoms with Gasteiger partial charge in [-0.1, -0.05) is 0 Å². The van der Waals surface area contributed by atoms with Crippen LogP contribution in [0.1, 0.15) is 12.8 Å². The summed E-state index contributed by atoms with van der Waals surface area (Å²) >= 11 is 0. The summed E-state index contributed by atoms with van der Waals surface area (Å²) in [7, 11) is -2.34. The first-order valence-corrected chi connectivity index (χ1v) is 8.17. The van der Waals surface area contributed by atoms with Crippen molar-refractivity contribution in [1.82, 2.24) is 10.0 Å². The minimum absolute atomic E-state index is 0.100. The minimum atomic E-state index is -3.10. The predicted molar refractivity (Wildman–Crippen MR) is 61.7 cm³/mol. The van der Waals surface area contributed by atoms with Crippen LogP contribution in [-0.2, 0) is 20.8 Å². The summed E-state index contributed by atoms with van der Waals surface area (Å²) in [4.78, 5) is 0. The number of nitrogens with one attached hydrogen (secondary N) is 2. The number of hydrogen-bond donors (Lipinski definition) is 2. The van der Waals surface area contributed by atoms with Gasteiger partial charge in [-0.3, -0.25) is 4.21 Å². The molecule has 1 heterocycles. The van der Waals surface area contributed by atoms with Crippen LogP contribution in [0.5, 0.6) is 0 Å².